The SMILES string of the molecule is Cn1cccc1C(=O)NC1(CO)CC1. The first-order chi connectivity index (χ1) is 6.67. The van der Waals surface area contributed by atoms with Crippen LogP contribution in [0.5, 0.6) is 0 Å². The van der Waals surface area contributed by atoms with Gasteiger partial charge in [-0.2, -0.15) is 0 Å². The van der Waals surface area contributed by atoms with Gasteiger partial charge in [0.05, 0.1) is 12.1 Å². The Balaban J connectivity index is 2.07. The molecule has 1 heterocycles. The maximum absolute atomic E-state index is 11.7. The molecule has 1 aliphatic rings. The van der Waals surface area contributed by atoms with Crippen molar-refractivity contribution >= 4 is 5.91 Å². The molecule has 0 aliphatic heterocycles. The second kappa shape index (κ2) is 3.13. The van der Waals surface area contributed by atoms with Crippen LogP contribution < -0.4 is 5.32 Å². The first-order valence-electron chi connectivity index (χ1n) is 4.72. The zero-order chi connectivity index (χ0) is 10.2. The standard InChI is InChI=1S/C10H14N2O2/c1-12-6-2-3-8(12)9(14)11-10(7-13)4-5-10/h2-3,6,13H,4-5,7H2,1H3,(H,11,14). The van der Waals surface area contributed by atoms with Crippen molar-refractivity contribution in [1.29, 1.82) is 0 Å². The Morgan fingerprint density at radius 2 is 2.43 bits per heavy atom. The van der Waals surface area contributed by atoms with Gasteiger partial charge in [0.15, 0.2) is 0 Å². The van der Waals surface area contributed by atoms with Gasteiger partial charge in [0.2, 0.25) is 0 Å². The minimum Gasteiger partial charge on any atom is -0.394 e. The predicted octanol–water partition coefficient (Wildman–Crippen LogP) is 0.280. The normalized spacial score (nSPS) is 17.9. The molecule has 0 unspecified atom stereocenters. The van der Waals surface area contributed by atoms with Crippen molar-refractivity contribution < 1.29 is 9.90 Å². The largest absolute Gasteiger partial charge is 0.394 e. The average molecular weight is 194 g/mol. The Labute approximate surface area is 82.5 Å². The minimum absolute atomic E-state index is 0.0309. The van der Waals surface area contributed by atoms with E-state index in [9.17, 15) is 4.79 Å². The molecule has 1 aliphatic carbocycles. The number of carbonyl (C=O) groups is 1. The topological polar surface area (TPSA) is 54.3 Å². The summed E-state index contributed by atoms with van der Waals surface area (Å²) in [5.74, 6) is -0.107. The smallest absolute Gasteiger partial charge is 0.268 e. The summed E-state index contributed by atoms with van der Waals surface area (Å²) in [6, 6.07) is 3.59. The highest BCUT2D eigenvalue weighted by molar-refractivity contribution is 5.93. The molecular formula is C10H14N2O2. The van der Waals surface area contributed by atoms with Crippen LogP contribution >= 0.6 is 0 Å². The van der Waals surface area contributed by atoms with Crippen LogP contribution in [0.2, 0.25) is 0 Å². The Bertz CT molecular complexity index is 353. The Morgan fingerprint density at radius 1 is 1.71 bits per heavy atom. The Hall–Kier alpha value is -1.29. The highest BCUT2D eigenvalue weighted by Gasteiger charge is 2.43. The third-order valence-corrected chi connectivity index (χ3v) is 2.71. The Morgan fingerprint density at radius 3 is 2.86 bits per heavy atom. The third kappa shape index (κ3) is 1.53. The van der Waals surface area contributed by atoms with Gasteiger partial charge >= 0.3 is 0 Å². The molecule has 76 valence electrons. The van der Waals surface area contributed by atoms with Crippen LogP contribution in [0.25, 0.3) is 0 Å². The first-order valence-corrected chi connectivity index (χ1v) is 4.72. The van der Waals surface area contributed by atoms with Crippen LogP contribution in [0.15, 0.2) is 18.3 Å². The van der Waals surface area contributed by atoms with Gasteiger partial charge in [0, 0.05) is 13.2 Å². The molecule has 0 aromatic carbocycles. The van der Waals surface area contributed by atoms with E-state index in [0.29, 0.717) is 5.69 Å². The fourth-order valence-electron chi connectivity index (χ4n) is 1.48. The van der Waals surface area contributed by atoms with E-state index >= 15 is 0 Å². The average Bonchev–Trinajstić information content (AvgIpc) is 2.80. The van der Waals surface area contributed by atoms with Crippen LogP contribution in [0.1, 0.15) is 23.3 Å². The number of nitrogens with one attached hydrogen (secondary N) is 1. The van der Waals surface area contributed by atoms with Crippen molar-refractivity contribution in [3.05, 3.63) is 24.0 Å². The lowest BCUT2D eigenvalue weighted by molar-refractivity contribution is 0.0898. The number of aryl methyl sites for hydroxylation is 1. The van der Waals surface area contributed by atoms with Gasteiger partial charge in [-0.3, -0.25) is 4.79 Å². The molecule has 4 nitrogen and oxygen atoms in total. The molecule has 1 saturated carbocycles. The molecule has 0 bridgehead atoms. The van der Waals surface area contributed by atoms with Crippen LogP contribution in [0, 0.1) is 0 Å². The van der Waals surface area contributed by atoms with Crippen molar-refractivity contribution in [2.24, 2.45) is 7.05 Å². The fraction of sp³-hybridized carbons (Fsp3) is 0.500. The lowest BCUT2D eigenvalue weighted by Crippen LogP contribution is -2.40. The number of amides is 1. The third-order valence-electron chi connectivity index (χ3n) is 2.71. The molecular weight excluding hydrogens is 180 g/mol. The number of rotatable bonds is 3. The highest BCUT2D eigenvalue weighted by Crippen LogP contribution is 2.34. The molecule has 4 heteroatoms. The number of hydrogen-bond donors (Lipinski definition) is 2. The second-order valence-corrected chi connectivity index (χ2v) is 3.90. The number of nitrogens with zero attached hydrogens (tertiary/aromatic N) is 1. The quantitative estimate of drug-likeness (QED) is 0.726. The molecule has 1 aromatic heterocycles. The van der Waals surface area contributed by atoms with E-state index in [1.807, 2.05) is 19.3 Å². The summed E-state index contributed by atoms with van der Waals surface area (Å²) in [7, 11) is 1.83. The van der Waals surface area contributed by atoms with Crippen LogP contribution in [-0.4, -0.2) is 27.7 Å². The lowest BCUT2D eigenvalue weighted by Gasteiger charge is -2.14. The number of aliphatic hydroxyl groups excluding tert-OH is 1. The predicted molar refractivity (Wildman–Crippen MR) is 51.9 cm³/mol. The zero-order valence-corrected chi connectivity index (χ0v) is 8.16. The summed E-state index contributed by atoms with van der Waals surface area (Å²) in [6.07, 6.45) is 3.58. The molecule has 0 radical (unpaired) electrons. The van der Waals surface area contributed by atoms with Gasteiger partial charge in [-0.25, -0.2) is 0 Å². The van der Waals surface area contributed by atoms with Crippen molar-refractivity contribution in [2.75, 3.05) is 6.61 Å². The lowest BCUT2D eigenvalue weighted by atomic mass is 10.2. The molecule has 0 saturated heterocycles. The monoisotopic (exact) mass is 194 g/mol. The van der Waals surface area contributed by atoms with Crippen molar-refractivity contribution in [3.63, 3.8) is 0 Å². The van der Waals surface area contributed by atoms with E-state index in [0.717, 1.165) is 12.8 Å². The summed E-state index contributed by atoms with van der Waals surface area (Å²) in [6.45, 7) is 0.0309. The maximum atomic E-state index is 11.7. The first kappa shape index (κ1) is 9.27. The van der Waals surface area contributed by atoms with Gasteiger partial charge < -0.3 is 15.0 Å². The molecule has 2 N–H and O–H groups in total. The maximum Gasteiger partial charge on any atom is 0.268 e. The van der Waals surface area contributed by atoms with Crippen LogP contribution in [0.3, 0.4) is 0 Å². The van der Waals surface area contributed by atoms with Crippen molar-refractivity contribution in [2.45, 2.75) is 18.4 Å². The van der Waals surface area contributed by atoms with Gasteiger partial charge in [-0.05, 0) is 25.0 Å². The minimum atomic E-state index is -0.332. The van der Waals surface area contributed by atoms with Gasteiger partial charge in [0.25, 0.3) is 5.91 Å². The van der Waals surface area contributed by atoms with E-state index in [1.165, 1.54) is 0 Å². The summed E-state index contributed by atoms with van der Waals surface area (Å²) in [5.41, 5.74) is 0.297. The number of aromatic nitrogens is 1. The van der Waals surface area contributed by atoms with Crippen molar-refractivity contribution in [1.82, 2.24) is 9.88 Å². The molecule has 1 fully saturated rings. The van der Waals surface area contributed by atoms with E-state index in [4.69, 9.17) is 5.11 Å². The zero-order valence-electron chi connectivity index (χ0n) is 8.16. The molecule has 2 rings (SSSR count). The fourth-order valence-corrected chi connectivity index (χ4v) is 1.48. The number of hydrogen-bond acceptors (Lipinski definition) is 2. The van der Waals surface area contributed by atoms with Gasteiger partial charge in [-0.1, -0.05) is 0 Å². The number of carbonyl (C=O) groups excluding carboxylic acids is 1. The van der Waals surface area contributed by atoms with E-state index in [1.54, 1.807) is 10.6 Å². The van der Waals surface area contributed by atoms with Crippen LogP contribution in [-0.2, 0) is 7.05 Å². The van der Waals surface area contributed by atoms with Crippen molar-refractivity contribution in [3.8, 4) is 0 Å². The van der Waals surface area contributed by atoms with Crippen LogP contribution in [0.4, 0.5) is 0 Å². The summed E-state index contributed by atoms with van der Waals surface area (Å²) < 4.78 is 1.77. The molecule has 0 spiro atoms. The van der Waals surface area contributed by atoms with Gasteiger partial charge in [-0.15, -0.1) is 0 Å². The number of aliphatic hydroxyl groups is 1. The summed E-state index contributed by atoms with van der Waals surface area (Å²) >= 11 is 0. The molecule has 1 aromatic rings. The highest BCUT2D eigenvalue weighted by atomic mass is 16.3. The van der Waals surface area contributed by atoms with E-state index in [2.05, 4.69) is 5.32 Å². The van der Waals surface area contributed by atoms with Gasteiger partial charge in [0.1, 0.15) is 5.69 Å². The van der Waals surface area contributed by atoms with E-state index in [-0.39, 0.29) is 18.1 Å². The molecule has 1 amide bonds. The summed E-state index contributed by atoms with van der Waals surface area (Å²) in [5, 5.41) is 11.9. The Kier molecular flexibility index (Phi) is 2.07. The summed E-state index contributed by atoms with van der Waals surface area (Å²) in [4.78, 5) is 11.7. The van der Waals surface area contributed by atoms with E-state index < -0.39 is 0 Å². The molecule has 14 heavy (non-hydrogen) atoms. The second-order valence-electron chi connectivity index (χ2n) is 3.90. The molecule has 0 atom stereocenters.